The number of amides is 2. The lowest BCUT2D eigenvalue weighted by Crippen LogP contribution is -2.31. The van der Waals surface area contributed by atoms with Crippen LogP contribution in [0.1, 0.15) is 51.9 Å². The monoisotopic (exact) mass is 433 g/mol. The lowest BCUT2D eigenvalue weighted by molar-refractivity contribution is -0.138. The third kappa shape index (κ3) is 19.6. The average molecular weight is 434 g/mol. The molecule has 2 amide bonds. The molecule has 0 unspecified atom stereocenters. The van der Waals surface area contributed by atoms with Gasteiger partial charge in [-0.3, -0.25) is 14.4 Å². The van der Waals surface area contributed by atoms with Crippen molar-refractivity contribution in [3.05, 3.63) is 0 Å². The van der Waals surface area contributed by atoms with Gasteiger partial charge in [-0.15, -0.1) is 0 Å². The maximum atomic E-state index is 11.7. The Bertz CT molecular complexity index is 464. The predicted octanol–water partition coefficient (Wildman–Crippen LogP) is 0.431. The number of nitrogens with two attached hydrogens (primary N) is 1. The van der Waals surface area contributed by atoms with Crippen LogP contribution in [-0.2, 0) is 28.6 Å². The van der Waals surface area contributed by atoms with E-state index in [1.807, 2.05) is 0 Å². The lowest BCUT2D eigenvalue weighted by Gasteiger charge is -2.08. The van der Waals surface area contributed by atoms with Crippen LogP contribution >= 0.6 is 0 Å². The Hall–Kier alpha value is -1.75. The highest BCUT2D eigenvalue weighted by Crippen LogP contribution is 1.99. The highest BCUT2D eigenvalue weighted by atomic mass is 16.5. The van der Waals surface area contributed by atoms with E-state index in [4.69, 9.17) is 25.1 Å². The molecule has 0 aliphatic rings. The van der Waals surface area contributed by atoms with Gasteiger partial charge in [0, 0.05) is 39.1 Å². The Morgan fingerprint density at radius 2 is 1.30 bits per heavy atom. The van der Waals surface area contributed by atoms with Crippen molar-refractivity contribution in [3.63, 3.8) is 0 Å². The zero-order chi connectivity index (χ0) is 22.5. The molecule has 0 bridgehead atoms. The molecular weight excluding hydrogens is 394 g/mol. The number of aliphatic carboxylic acids is 1. The molecule has 0 fully saturated rings. The van der Waals surface area contributed by atoms with Crippen LogP contribution in [0.2, 0.25) is 0 Å². The van der Waals surface area contributed by atoms with Gasteiger partial charge in [0.2, 0.25) is 11.8 Å². The van der Waals surface area contributed by atoms with Crippen LogP contribution in [0.15, 0.2) is 0 Å². The molecule has 0 spiro atoms. The molecule has 10 heteroatoms. The van der Waals surface area contributed by atoms with Gasteiger partial charge in [0.15, 0.2) is 0 Å². The minimum atomic E-state index is -1.02. The fourth-order valence-electron chi connectivity index (χ4n) is 2.33. The third-order valence-corrected chi connectivity index (χ3v) is 4.04. The summed E-state index contributed by atoms with van der Waals surface area (Å²) in [5.41, 5.74) is 5.40. The zero-order valence-electron chi connectivity index (χ0n) is 18.2. The molecule has 0 aromatic rings. The van der Waals surface area contributed by atoms with Crippen molar-refractivity contribution in [1.29, 1.82) is 0 Å². The lowest BCUT2D eigenvalue weighted by atomic mass is 10.1. The number of carboxylic acids is 1. The number of nitrogens with one attached hydrogen (secondary N) is 2. The van der Waals surface area contributed by atoms with Crippen molar-refractivity contribution >= 4 is 17.8 Å². The number of hydrogen-bond donors (Lipinski definition) is 4. The first-order valence-corrected chi connectivity index (χ1v) is 10.7. The summed E-state index contributed by atoms with van der Waals surface area (Å²) < 4.78 is 16.1. The second kappa shape index (κ2) is 20.5. The second-order valence-electron chi connectivity index (χ2n) is 6.83. The van der Waals surface area contributed by atoms with Crippen molar-refractivity contribution in [2.45, 2.75) is 57.9 Å². The van der Waals surface area contributed by atoms with Gasteiger partial charge in [-0.1, -0.05) is 6.92 Å². The van der Waals surface area contributed by atoms with E-state index in [0.717, 1.165) is 13.0 Å². The average Bonchev–Trinajstić information content (AvgIpc) is 2.72. The Kier molecular flexibility index (Phi) is 19.3. The summed E-state index contributed by atoms with van der Waals surface area (Å²) in [6, 6.07) is -0.862. The minimum absolute atomic E-state index is 0.121. The molecule has 0 aromatic carbocycles. The van der Waals surface area contributed by atoms with Crippen LogP contribution in [0.4, 0.5) is 0 Å². The summed E-state index contributed by atoms with van der Waals surface area (Å²) in [5.74, 6) is -1.39. The maximum absolute atomic E-state index is 11.7. The molecule has 0 aliphatic carbocycles. The predicted molar refractivity (Wildman–Crippen MR) is 112 cm³/mol. The summed E-state index contributed by atoms with van der Waals surface area (Å²) in [4.78, 5) is 34.0. The maximum Gasteiger partial charge on any atom is 0.320 e. The van der Waals surface area contributed by atoms with Gasteiger partial charge < -0.3 is 35.7 Å². The van der Waals surface area contributed by atoms with Crippen molar-refractivity contribution in [2.24, 2.45) is 5.73 Å². The summed E-state index contributed by atoms with van der Waals surface area (Å²) in [7, 11) is 0. The fourth-order valence-corrected chi connectivity index (χ4v) is 2.33. The molecule has 1 atom stereocenters. The van der Waals surface area contributed by atoms with E-state index >= 15 is 0 Å². The number of carbonyl (C=O) groups excluding carboxylic acids is 2. The number of hydrogen-bond acceptors (Lipinski definition) is 7. The number of ether oxygens (including phenoxy) is 3. The minimum Gasteiger partial charge on any atom is -0.480 e. The number of carbonyl (C=O) groups is 3. The first-order valence-electron chi connectivity index (χ1n) is 10.7. The van der Waals surface area contributed by atoms with Crippen LogP contribution < -0.4 is 16.4 Å². The SMILES string of the molecule is CCCOCCOCCOCCCNC(=O)CCC(=O)NCCCC[C@H](N)C(=O)O. The molecule has 0 saturated carbocycles. The zero-order valence-corrected chi connectivity index (χ0v) is 18.2. The van der Waals surface area contributed by atoms with Gasteiger partial charge in [-0.05, 0) is 32.1 Å². The molecule has 5 N–H and O–H groups in total. The first kappa shape index (κ1) is 28.2. The molecule has 176 valence electrons. The van der Waals surface area contributed by atoms with E-state index < -0.39 is 12.0 Å². The first-order chi connectivity index (χ1) is 14.5. The van der Waals surface area contributed by atoms with E-state index in [1.165, 1.54) is 0 Å². The quantitative estimate of drug-likeness (QED) is 0.190. The Morgan fingerprint density at radius 3 is 1.83 bits per heavy atom. The van der Waals surface area contributed by atoms with E-state index in [9.17, 15) is 14.4 Å². The molecule has 10 nitrogen and oxygen atoms in total. The summed E-state index contributed by atoms with van der Waals surface area (Å²) in [5, 5.41) is 14.1. The van der Waals surface area contributed by atoms with Gasteiger partial charge >= 0.3 is 5.97 Å². The van der Waals surface area contributed by atoms with Crippen molar-refractivity contribution < 1.29 is 33.7 Å². The van der Waals surface area contributed by atoms with Crippen LogP contribution in [0.5, 0.6) is 0 Å². The summed E-state index contributed by atoms with van der Waals surface area (Å²) >= 11 is 0. The van der Waals surface area contributed by atoms with Gasteiger partial charge in [-0.25, -0.2) is 0 Å². The molecule has 0 aromatic heterocycles. The summed E-state index contributed by atoms with van der Waals surface area (Å²) in [6.45, 7) is 6.46. The van der Waals surface area contributed by atoms with E-state index in [2.05, 4.69) is 17.6 Å². The van der Waals surface area contributed by atoms with Crippen molar-refractivity contribution in [2.75, 3.05) is 52.7 Å². The second-order valence-corrected chi connectivity index (χ2v) is 6.83. The molecule has 0 heterocycles. The number of rotatable bonds is 21. The van der Waals surface area contributed by atoms with Crippen LogP contribution in [0.3, 0.4) is 0 Å². The largest absolute Gasteiger partial charge is 0.480 e. The van der Waals surface area contributed by atoms with Gasteiger partial charge in [-0.2, -0.15) is 0 Å². The standard InChI is InChI=1S/C20H39N3O7/c1-2-11-28-13-15-30-16-14-29-12-5-10-23-19(25)8-7-18(24)22-9-4-3-6-17(21)20(26)27/h17H,2-16,21H2,1H3,(H,22,24)(H,23,25)(H,26,27)/t17-/m0/s1. The Morgan fingerprint density at radius 1 is 0.800 bits per heavy atom. The van der Waals surface area contributed by atoms with Crippen LogP contribution in [0, 0.1) is 0 Å². The molecule has 0 radical (unpaired) electrons. The van der Waals surface area contributed by atoms with Gasteiger partial charge in [0.25, 0.3) is 0 Å². The van der Waals surface area contributed by atoms with Crippen molar-refractivity contribution in [1.82, 2.24) is 10.6 Å². The smallest absolute Gasteiger partial charge is 0.320 e. The van der Waals surface area contributed by atoms with Gasteiger partial charge in [0.05, 0.1) is 26.4 Å². The normalized spacial score (nSPS) is 11.8. The van der Waals surface area contributed by atoms with Gasteiger partial charge in [0.1, 0.15) is 6.04 Å². The highest BCUT2D eigenvalue weighted by molar-refractivity contribution is 5.83. The molecule has 30 heavy (non-hydrogen) atoms. The fraction of sp³-hybridized carbons (Fsp3) is 0.850. The molecule has 0 rings (SSSR count). The highest BCUT2D eigenvalue weighted by Gasteiger charge is 2.10. The number of unbranched alkanes of at least 4 members (excludes halogenated alkanes) is 1. The summed E-state index contributed by atoms with van der Waals surface area (Å²) in [6.07, 6.45) is 3.59. The molecule has 0 aliphatic heterocycles. The van der Waals surface area contributed by atoms with E-state index in [-0.39, 0.29) is 24.7 Å². The van der Waals surface area contributed by atoms with E-state index in [1.54, 1.807) is 0 Å². The molecular formula is C20H39N3O7. The Balaban J connectivity index is 3.38. The third-order valence-electron chi connectivity index (χ3n) is 4.04. The molecule has 0 saturated heterocycles. The Labute approximate surface area is 179 Å². The number of carboxylic acid groups (broad SMARTS) is 1. The topological polar surface area (TPSA) is 149 Å². The van der Waals surface area contributed by atoms with E-state index in [0.29, 0.717) is 71.8 Å². The van der Waals surface area contributed by atoms with Crippen LogP contribution in [-0.4, -0.2) is 81.7 Å². The van der Waals surface area contributed by atoms with Crippen LogP contribution in [0.25, 0.3) is 0 Å². The van der Waals surface area contributed by atoms with Crippen molar-refractivity contribution in [3.8, 4) is 0 Å².